The number of benzene rings is 1. The Morgan fingerprint density at radius 2 is 1.60 bits per heavy atom. The number of Topliss-reactive ketones (excluding diaryl/α,β-unsaturated/α-hetero) is 1. The summed E-state index contributed by atoms with van der Waals surface area (Å²) >= 11 is 0. The molecule has 2 heterocycles. The molecule has 2 amide bonds. The number of nitrogens with zero attached hydrogens (tertiary/aromatic N) is 2. The Morgan fingerprint density at radius 3 is 2.20 bits per heavy atom. The lowest BCUT2D eigenvalue weighted by Gasteiger charge is -2.37. The summed E-state index contributed by atoms with van der Waals surface area (Å²) in [7, 11) is 3.11. The average molecular weight is 471 g/mol. The molecule has 6 aliphatic rings. The lowest BCUT2D eigenvalue weighted by molar-refractivity contribution is -0.124. The first-order chi connectivity index (χ1) is 17.0. The van der Waals surface area contributed by atoms with Gasteiger partial charge in [-0.05, 0) is 72.3 Å². The van der Waals surface area contributed by atoms with Crippen molar-refractivity contribution < 1.29 is 23.9 Å². The van der Waals surface area contributed by atoms with Gasteiger partial charge in [0, 0.05) is 17.7 Å². The molecule has 3 saturated carbocycles. The number of allylic oxidation sites excluding steroid dienone is 2. The van der Waals surface area contributed by atoms with E-state index in [4.69, 9.17) is 9.47 Å². The van der Waals surface area contributed by atoms with Gasteiger partial charge >= 0.3 is 0 Å². The molecule has 8 atom stereocenters. The Bertz CT molecular complexity index is 1260. The zero-order valence-corrected chi connectivity index (χ0v) is 19.6. The number of anilines is 1. The summed E-state index contributed by atoms with van der Waals surface area (Å²) in [5.74, 6) is 2.44. The molecule has 8 unspecified atom stereocenters. The van der Waals surface area contributed by atoms with E-state index in [9.17, 15) is 14.4 Å². The largest absolute Gasteiger partial charge is 0.493 e. The fraction of sp³-hybridized carbons (Fsp3) is 0.429. The molecule has 5 aliphatic carbocycles. The summed E-state index contributed by atoms with van der Waals surface area (Å²) in [6.07, 6.45) is 7.96. The van der Waals surface area contributed by atoms with Crippen molar-refractivity contribution in [3.05, 3.63) is 59.8 Å². The van der Waals surface area contributed by atoms with Gasteiger partial charge in [0.05, 0.1) is 26.1 Å². The summed E-state index contributed by atoms with van der Waals surface area (Å²) in [5.41, 5.74) is 1.55. The molecule has 7 nitrogen and oxygen atoms in total. The minimum absolute atomic E-state index is 0.0653. The first-order valence-electron chi connectivity index (χ1n) is 12.3. The number of amides is 2. The number of rotatable bonds is 6. The van der Waals surface area contributed by atoms with Gasteiger partial charge in [0.15, 0.2) is 17.3 Å². The molecular weight excluding hydrogens is 444 g/mol. The Hall–Kier alpha value is -3.48. The maximum atomic E-state index is 13.3. The number of methoxy groups -OCH3 is 2. The predicted octanol–water partition coefficient (Wildman–Crippen LogP) is 3.64. The Balaban J connectivity index is 1.08. The van der Waals surface area contributed by atoms with Crippen molar-refractivity contribution in [3.8, 4) is 11.5 Å². The van der Waals surface area contributed by atoms with Crippen molar-refractivity contribution in [2.75, 3.05) is 19.1 Å². The van der Waals surface area contributed by atoms with Crippen LogP contribution in [0.25, 0.3) is 0 Å². The Morgan fingerprint density at radius 1 is 0.914 bits per heavy atom. The molecular formula is C28H26N2O5. The fourth-order valence-electron chi connectivity index (χ4n) is 6.99. The van der Waals surface area contributed by atoms with E-state index in [0.717, 1.165) is 18.4 Å². The highest BCUT2D eigenvalue weighted by Gasteiger charge is 2.67. The molecule has 4 fully saturated rings. The van der Waals surface area contributed by atoms with E-state index in [0.29, 0.717) is 34.7 Å². The van der Waals surface area contributed by atoms with Crippen molar-refractivity contribution in [1.29, 1.82) is 0 Å². The van der Waals surface area contributed by atoms with Crippen LogP contribution in [0.3, 0.4) is 0 Å². The second kappa shape index (κ2) is 7.26. The molecule has 0 radical (unpaired) electrons. The van der Waals surface area contributed by atoms with Crippen LogP contribution in [0, 0.1) is 41.4 Å². The van der Waals surface area contributed by atoms with Gasteiger partial charge in [-0.15, -0.1) is 0 Å². The summed E-state index contributed by atoms with van der Waals surface area (Å²) in [5, 5.41) is 0. The van der Waals surface area contributed by atoms with E-state index in [1.54, 1.807) is 44.7 Å². The van der Waals surface area contributed by atoms with Crippen molar-refractivity contribution in [3.63, 3.8) is 0 Å². The second-order valence-electron chi connectivity index (χ2n) is 10.5. The summed E-state index contributed by atoms with van der Waals surface area (Å²) in [4.78, 5) is 45.5. The van der Waals surface area contributed by atoms with Crippen molar-refractivity contribution in [2.45, 2.75) is 18.8 Å². The quantitative estimate of drug-likeness (QED) is 0.364. The zero-order valence-electron chi connectivity index (χ0n) is 19.6. The first-order valence-corrected chi connectivity index (χ1v) is 12.3. The number of carbonyl (C=O) groups excluding carboxylic acids is 3. The molecule has 35 heavy (non-hydrogen) atoms. The molecule has 2 bridgehead atoms. The van der Waals surface area contributed by atoms with E-state index in [1.165, 1.54) is 4.90 Å². The third-order valence-corrected chi connectivity index (χ3v) is 8.89. The predicted molar refractivity (Wildman–Crippen MR) is 126 cm³/mol. The summed E-state index contributed by atoms with van der Waals surface area (Å²) in [6.45, 7) is 0. The van der Waals surface area contributed by atoms with Crippen molar-refractivity contribution in [1.82, 2.24) is 4.98 Å². The number of carbonyl (C=O) groups is 3. The third kappa shape index (κ3) is 2.90. The van der Waals surface area contributed by atoms with Crippen LogP contribution in [0.4, 0.5) is 5.82 Å². The maximum Gasteiger partial charge on any atom is 0.239 e. The van der Waals surface area contributed by atoms with Crippen LogP contribution in [-0.4, -0.2) is 36.8 Å². The van der Waals surface area contributed by atoms with Gasteiger partial charge in [0.1, 0.15) is 5.82 Å². The normalized spacial score (nSPS) is 35.5. The van der Waals surface area contributed by atoms with Gasteiger partial charge in [0.2, 0.25) is 11.8 Å². The van der Waals surface area contributed by atoms with E-state index >= 15 is 0 Å². The molecule has 0 spiro atoms. The highest BCUT2D eigenvalue weighted by molar-refractivity contribution is 6.22. The van der Waals surface area contributed by atoms with Crippen LogP contribution >= 0.6 is 0 Å². The van der Waals surface area contributed by atoms with E-state index < -0.39 is 0 Å². The molecule has 178 valence electrons. The molecule has 1 aromatic carbocycles. The van der Waals surface area contributed by atoms with E-state index in [1.807, 2.05) is 6.07 Å². The molecule has 1 aromatic heterocycles. The smallest absolute Gasteiger partial charge is 0.239 e. The third-order valence-electron chi connectivity index (χ3n) is 8.89. The number of imide groups is 1. The molecule has 2 aromatic rings. The van der Waals surface area contributed by atoms with Crippen molar-refractivity contribution in [2.24, 2.45) is 41.4 Å². The minimum atomic E-state index is -0.227. The highest BCUT2D eigenvalue weighted by Crippen LogP contribution is 2.65. The number of aromatic nitrogens is 1. The topological polar surface area (TPSA) is 85.8 Å². The lowest BCUT2D eigenvalue weighted by Crippen LogP contribution is -2.40. The number of ether oxygens (including phenoxy) is 2. The monoisotopic (exact) mass is 470 g/mol. The minimum Gasteiger partial charge on any atom is -0.493 e. The number of pyridine rings is 1. The van der Waals surface area contributed by atoms with Crippen LogP contribution < -0.4 is 14.4 Å². The number of ketones is 1. The number of hydrogen-bond acceptors (Lipinski definition) is 6. The van der Waals surface area contributed by atoms with E-state index in [2.05, 4.69) is 17.1 Å². The summed E-state index contributed by atoms with van der Waals surface area (Å²) < 4.78 is 10.6. The van der Waals surface area contributed by atoms with Gasteiger partial charge in [-0.3, -0.25) is 14.4 Å². The van der Waals surface area contributed by atoms with Gasteiger partial charge in [0.25, 0.3) is 0 Å². The average Bonchev–Trinajstić information content (AvgIpc) is 3.81. The van der Waals surface area contributed by atoms with Crippen LogP contribution in [-0.2, 0) is 9.59 Å². The summed E-state index contributed by atoms with van der Waals surface area (Å²) in [6, 6.07) is 8.88. The standard InChI is InChI=1S/C28H26N2O5/c1-34-21-7-3-13(9-22(21)35-2)26(31)20-10-17(20)14-4-8-23(29-12-14)30-27(32)24-15-5-6-16(19-11-18(15)19)25(24)28(30)33/h3-9,12,15-20,24-25H,10-11H2,1-2H3. The van der Waals surface area contributed by atoms with Crippen LogP contribution in [0.15, 0.2) is 48.7 Å². The molecule has 1 saturated heterocycles. The van der Waals surface area contributed by atoms with Gasteiger partial charge < -0.3 is 9.47 Å². The first kappa shape index (κ1) is 20.9. The van der Waals surface area contributed by atoms with Crippen molar-refractivity contribution >= 4 is 23.4 Å². The SMILES string of the molecule is COc1ccc(C(=O)C2CC2c2ccc(N3C(=O)C4C5C=CC(C6CC56)C4C3=O)nc2)cc1OC. The molecule has 8 rings (SSSR count). The van der Waals surface area contributed by atoms with Gasteiger partial charge in [-0.2, -0.15) is 0 Å². The van der Waals surface area contributed by atoms with Crippen LogP contribution in [0.5, 0.6) is 11.5 Å². The molecule has 1 aliphatic heterocycles. The van der Waals surface area contributed by atoms with E-state index in [-0.39, 0.29) is 53.1 Å². The zero-order chi connectivity index (χ0) is 24.0. The van der Waals surface area contributed by atoms with Crippen LogP contribution in [0.2, 0.25) is 0 Å². The number of hydrogen-bond donors (Lipinski definition) is 0. The Kier molecular flexibility index (Phi) is 4.33. The van der Waals surface area contributed by atoms with Gasteiger partial charge in [-0.1, -0.05) is 18.2 Å². The van der Waals surface area contributed by atoms with Gasteiger partial charge in [-0.25, -0.2) is 9.88 Å². The molecule has 7 heteroatoms. The fourth-order valence-corrected chi connectivity index (χ4v) is 6.99. The van der Waals surface area contributed by atoms with Crippen LogP contribution in [0.1, 0.15) is 34.7 Å². The highest BCUT2D eigenvalue weighted by atomic mass is 16.5. The maximum absolute atomic E-state index is 13.3. The Labute approximate surface area is 203 Å². The molecule has 0 N–H and O–H groups in total. The lowest BCUT2D eigenvalue weighted by atomic mass is 9.63. The second-order valence-corrected chi connectivity index (χ2v) is 10.5.